The van der Waals surface area contributed by atoms with Gasteiger partial charge in [-0.15, -0.1) is 0 Å². The highest BCUT2D eigenvalue weighted by molar-refractivity contribution is 6.04. The maximum absolute atomic E-state index is 13.0. The number of amides is 4. The van der Waals surface area contributed by atoms with Crippen molar-refractivity contribution < 1.29 is 14.4 Å². The molecule has 0 spiro atoms. The zero-order valence-corrected chi connectivity index (χ0v) is 17.3. The molecule has 4 aliphatic rings. The van der Waals surface area contributed by atoms with Crippen LogP contribution in [0, 0.1) is 11.8 Å². The summed E-state index contributed by atoms with van der Waals surface area (Å²) in [6.45, 7) is 2.48. The van der Waals surface area contributed by atoms with E-state index in [1.165, 1.54) is 31.2 Å². The monoisotopic (exact) mass is 410 g/mol. The van der Waals surface area contributed by atoms with E-state index in [0.29, 0.717) is 23.9 Å². The summed E-state index contributed by atoms with van der Waals surface area (Å²) < 4.78 is 0. The molecule has 2 bridgehead atoms. The topological polar surface area (TPSA) is 73.0 Å². The average molecular weight is 411 g/mol. The van der Waals surface area contributed by atoms with Gasteiger partial charge in [-0.05, 0) is 49.6 Å². The lowest BCUT2D eigenvalue weighted by molar-refractivity contribution is -0.143. The molecule has 0 saturated carbocycles. The number of urea groups is 1. The smallest absolute Gasteiger partial charge is 0.325 e. The fourth-order valence-electron chi connectivity index (χ4n) is 6.10. The van der Waals surface area contributed by atoms with Crippen molar-refractivity contribution in [3.05, 3.63) is 35.9 Å². The number of rotatable bonds is 4. The lowest BCUT2D eigenvalue weighted by Gasteiger charge is -2.57. The van der Waals surface area contributed by atoms with Crippen molar-refractivity contribution in [3.8, 4) is 0 Å². The largest absolute Gasteiger partial charge is 0.340 e. The van der Waals surface area contributed by atoms with Crippen LogP contribution in [0.3, 0.4) is 0 Å². The summed E-state index contributed by atoms with van der Waals surface area (Å²) in [6, 6.07) is 11.2. The second-order valence-electron chi connectivity index (χ2n) is 9.25. The molecule has 4 heterocycles. The van der Waals surface area contributed by atoms with Crippen molar-refractivity contribution in [1.82, 2.24) is 20.0 Å². The Bertz CT molecular complexity index is 813. The predicted molar refractivity (Wildman–Crippen MR) is 112 cm³/mol. The number of fused-ring (bicyclic) bond motifs is 4. The van der Waals surface area contributed by atoms with Crippen LogP contribution < -0.4 is 5.32 Å². The summed E-state index contributed by atoms with van der Waals surface area (Å²) in [5, 5.41) is 2.50. The van der Waals surface area contributed by atoms with E-state index in [4.69, 9.17) is 0 Å². The second-order valence-corrected chi connectivity index (χ2v) is 9.25. The van der Waals surface area contributed by atoms with E-state index in [2.05, 4.69) is 40.5 Å². The maximum Gasteiger partial charge on any atom is 0.325 e. The van der Waals surface area contributed by atoms with Crippen molar-refractivity contribution in [2.45, 2.75) is 44.2 Å². The van der Waals surface area contributed by atoms with Crippen LogP contribution in [0.4, 0.5) is 4.79 Å². The third-order valence-electron chi connectivity index (χ3n) is 7.49. The Labute approximate surface area is 177 Å². The molecule has 160 valence electrons. The molecular formula is C23H30N4O3. The highest BCUT2D eigenvalue weighted by Gasteiger charge is 2.48. The van der Waals surface area contributed by atoms with Crippen LogP contribution >= 0.6 is 0 Å². The molecule has 0 aliphatic carbocycles. The number of carbonyl (C=O) groups excluding carboxylic acids is 3. The van der Waals surface area contributed by atoms with E-state index in [0.717, 1.165) is 31.0 Å². The predicted octanol–water partition coefficient (Wildman–Crippen LogP) is 1.48. The van der Waals surface area contributed by atoms with Gasteiger partial charge in [0, 0.05) is 25.2 Å². The molecule has 1 aromatic carbocycles. The van der Waals surface area contributed by atoms with Crippen LogP contribution in [-0.2, 0) is 16.0 Å². The fourth-order valence-corrected chi connectivity index (χ4v) is 6.10. The van der Waals surface area contributed by atoms with Crippen molar-refractivity contribution in [2.24, 2.45) is 11.8 Å². The van der Waals surface area contributed by atoms with Crippen LogP contribution in [0.2, 0.25) is 0 Å². The van der Waals surface area contributed by atoms with Crippen molar-refractivity contribution >= 4 is 17.8 Å². The minimum Gasteiger partial charge on any atom is -0.340 e. The summed E-state index contributed by atoms with van der Waals surface area (Å²) in [5.74, 6) is 0.511. The average Bonchev–Trinajstić information content (AvgIpc) is 3.09. The molecule has 0 radical (unpaired) electrons. The first-order valence-corrected chi connectivity index (χ1v) is 11.3. The molecule has 7 heteroatoms. The molecule has 4 fully saturated rings. The number of likely N-dealkylation sites (tertiary alicyclic amines) is 1. The van der Waals surface area contributed by atoms with E-state index >= 15 is 0 Å². The van der Waals surface area contributed by atoms with E-state index in [9.17, 15) is 14.4 Å². The Morgan fingerprint density at radius 2 is 1.87 bits per heavy atom. The molecule has 5 rings (SSSR count). The van der Waals surface area contributed by atoms with Crippen molar-refractivity contribution in [3.63, 3.8) is 0 Å². The molecule has 4 atom stereocenters. The fraction of sp³-hybridized carbons (Fsp3) is 0.609. The molecule has 1 aromatic rings. The summed E-state index contributed by atoms with van der Waals surface area (Å²) in [4.78, 5) is 42.5. The number of carbonyl (C=O) groups is 3. The van der Waals surface area contributed by atoms with Gasteiger partial charge in [-0.25, -0.2) is 4.79 Å². The quantitative estimate of drug-likeness (QED) is 0.764. The molecule has 0 aromatic heterocycles. The Hall–Kier alpha value is -2.41. The minimum atomic E-state index is -0.453. The van der Waals surface area contributed by atoms with Gasteiger partial charge in [-0.1, -0.05) is 36.8 Å². The zero-order chi connectivity index (χ0) is 20.7. The van der Waals surface area contributed by atoms with Gasteiger partial charge in [0.25, 0.3) is 5.91 Å². The first-order chi connectivity index (χ1) is 14.6. The van der Waals surface area contributed by atoms with Gasteiger partial charge in [-0.3, -0.25) is 19.4 Å². The van der Waals surface area contributed by atoms with Crippen molar-refractivity contribution in [1.29, 1.82) is 0 Å². The number of nitrogens with one attached hydrogen (secondary N) is 1. The summed E-state index contributed by atoms with van der Waals surface area (Å²) in [5.41, 5.74) is 1.35. The molecule has 4 saturated heterocycles. The van der Waals surface area contributed by atoms with Crippen LogP contribution in [0.15, 0.2) is 30.3 Å². The molecule has 4 amide bonds. The summed E-state index contributed by atoms with van der Waals surface area (Å²) in [6.07, 6.45) is 5.92. The van der Waals surface area contributed by atoms with Crippen LogP contribution in [0.1, 0.15) is 31.2 Å². The Kier molecular flexibility index (Phi) is 5.23. The number of piperidine rings is 3. The van der Waals surface area contributed by atoms with E-state index < -0.39 is 6.03 Å². The number of hydrogen-bond acceptors (Lipinski definition) is 4. The normalized spacial score (nSPS) is 31.5. The molecular weight excluding hydrogens is 380 g/mol. The third kappa shape index (κ3) is 3.60. The summed E-state index contributed by atoms with van der Waals surface area (Å²) in [7, 11) is 0. The molecule has 30 heavy (non-hydrogen) atoms. The molecule has 1 N–H and O–H groups in total. The van der Waals surface area contributed by atoms with Gasteiger partial charge >= 0.3 is 6.03 Å². The number of benzene rings is 1. The number of nitrogens with zero attached hydrogens (tertiary/aromatic N) is 3. The first-order valence-electron chi connectivity index (χ1n) is 11.3. The lowest BCUT2D eigenvalue weighted by atomic mass is 9.71. The van der Waals surface area contributed by atoms with Gasteiger partial charge in [0.2, 0.25) is 5.91 Å². The summed E-state index contributed by atoms with van der Waals surface area (Å²) >= 11 is 0. The van der Waals surface area contributed by atoms with Gasteiger partial charge in [0.1, 0.15) is 6.54 Å². The Balaban J connectivity index is 1.34. The van der Waals surface area contributed by atoms with Gasteiger partial charge in [0.05, 0.1) is 6.54 Å². The van der Waals surface area contributed by atoms with Gasteiger partial charge < -0.3 is 10.2 Å². The maximum atomic E-state index is 13.0. The van der Waals surface area contributed by atoms with Gasteiger partial charge in [-0.2, -0.15) is 0 Å². The highest BCUT2D eigenvalue weighted by Crippen LogP contribution is 2.42. The lowest BCUT2D eigenvalue weighted by Crippen LogP contribution is -2.65. The molecule has 0 unspecified atom stereocenters. The van der Waals surface area contributed by atoms with E-state index in [1.807, 2.05) is 4.90 Å². The van der Waals surface area contributed by atoms with Crippen LogP contribution in [0.5, 0.6) is 0 Å². The highest BCUT2D eigenvalue weighted by atomic mass is 16.2. The van der Waals surface area contributed by atoms with E-state index in [1.54, 1.807) is 0 Å². The van der Waals surface area contributed by atoms with Crippen LogP contribution in [0.25, 0.3) is 0 Å². The Morgan fingerprint density at radius 3 is 2.63 bits per heavy atom. The minimum absolute atomic E-state index is 0.00640. The van der Waals surface area contributed by atoms with Crippen LogP contribution in [-0.4, -0.2) is 77.4 Å². The van der Waals surface area contributed by atoms with Crippen molar-refractivity contribution in [2.75, 3.05) is 32.7 Å². The second kappa shape index (κ2) is 8.02. The zero-order valence-electron chi connectivity index (χ0n) is 17.3. The molecule has 7 nitrogen and oxygen atoms in total. The molecule has 4 aliphatic heterocycles. The number of hydrogen-bond donors (Lipinski definition) is 1. The number of imide groups is 1. The van der Waals surface area contributed by atoms with Gasteiger partial charge in [0.15, 0.2) is 0 Å². The standard InChI is InChI=1S/C23H30N4O3/c28-21-12-24-23(30)27(21)15-22(29)25-13-17-11-18(14-25)20(10-16-6-2-1-3-7-16)26-9-5-4-8-19(17)26/h1-3,6-7,17-20H,4-5,8-15H2,(H,24,30)/t17-,18+,19+,20+/m1/s1. The SMILES string of the molecule is O=C(CN1C(=O)CNC1=O)N1C[C@H]2C[C@@H](C1)[C@H](Cc1ccccc1)N1CCCC[C@@H]21. The van der Waals surface area contributed by atoms with E-state index in [-0.39, 0.29) is 24.9 Å². The Morgan fingerprint density at radius 1 is 1.07 bits per heavy atom. The third-order valence-corrected chi connectivity index (χ3v) is 7.49. The first kappa shape index (κ1) is 19.5.